The first-order valence-electron chi connectivity index (χ1n) is 5.06. The van der Waals surface area contributed by atoms with Gasteiger partial charge >= 0.3 is 0 Å². The molecule has 0 aromatic carbocycles. The van der Waals surface area contributed by atoms with Gasteiger partial charge in [-0.3, -0.25) is 19.8 Å². The van der Waals surface area contributed by atoms with Crippen LogP contribution in [0.3, 0.4) is 0 Å². The highest BCUT2D eigenvalue weighted by molar-refractivity contribution is 7.90. The van der Waals surface area contributed by atoms with E-state index in [1.165, 1.54) is 0 Å². The van der Waals surface area contributed by atoms with Crippen molar-refractivity contribution < 1.29 is 18.0 Å². The van der Waals surface area contributed by atoms with Gasteiger partial charge in [0.2, 0.25) is 11.8 Å². The zero-order chi connectivity index (χ0) is 12.3. The van der Waals surface area contributed by atoms with Gasteiger partial charge in [-0.1, -0.05) is 0 Å². The molecule has 1 atom stereocenters. The van der Waals surface area contributed by atoms with Crippen LogP contribution in [-0.2, 0) is 19.4 Å². The quantitative estimate of drug-likeness (QED) is 0.630. The summed E-state index contributed by atoms with van der Waals surface area (Å²) in [6, 6.07) is -0.379. The van der Waals surface area contributed by atoms with Gasteiger partial charge in [0, 0.05) is 12.8 Å². The Morgan fingerprint density at radius 3 is 2.62 bits per heavy atom. The van der Waals surface area contributed by atoms with Crippen molar-refractivity contribution in [2.75, 3.05) is 25.1 Å². The summed E-state index contributed by atoms with van der Waals surface area (Å²) in [6.45, 7) is 1.99. The van der Waals surface area contributed by atoms with Gasteiger partial charge in [-0.2, -0.15) is 0 Å². The molecule has 1 unspecified atom stereocenters. The van der Waals surface area contributed by atoms with Crippen molar-refractivity contribution in [3.63, 3.8) is 0 Å². The average Bonchev–Trinajstić information content (AvgIpc) is 2.16. The zero-order valence-corrected chi connectivity index (χ0v) is 10.2. The Balaban J connectivity index is 2.51. The third-order valence-electron chi connectivity index (χ3n) is 2.39. The molecular weight excluding hydrogens is 232 g/mol. The van der Waals surface area contributed by atoms with E-state index in [2.05, 4.69) is 5.32 Å². The number of imide groups is 1. The molecule has 1 heterocycles. The number of nitrogens with zero attached hydrogens (tertiary/aromatic N) is 1. The third kappa shape index (κ3) is 3.57. The van der Waals surface area contributed by atoms with Gasteiger partial charge in [-0.05, 0) is 13.3 Å². The number of hydrogen-bond donors (Lipinski definition) is 1. The summed E-state index contributed by atoms with van der Waals surface area (Å²) >= 11 is 0. The number of rotatable bonds is 4. The second kappa shape index (κ2) is 4.92. The molecule has 0 spiro atoms. The number of nitrogens with one attached hydrogen (secondary N) is 1. The Bertz CT molecular complexity index is 390. The van der Waals surface area contributed by atoms with E-state index in [1.54, 1.807) is 6.92 Å². The minimum Gasteiger partial charge on any atom is -0.298 e. The number of carbonyl (C=O) groups is 2. The second-order valence-electron chi connectivity index (χ2n) is 3.97. The Kier molecular flexibility index (Phi) is 4.03. The van der Waals surface area contributed by atoms with E-state index in [0.717, 1.165) is 11.2 Å². The fourth-order valence-electron chi connectivity index (χ4n) is 1.50. The van der Waals surface area contributed by atoms with Crippen LogP contribution in [-0.4, -0.2) is 56.3 Å². The molecule has 0 saturated carbocycles. The van der Waals surface area contributed by atoms with E-state index in [0.29, 0.717) is 6.42 Å². The van der Waals surface area contributed by atoms with Crippen LogP contribution in [0.15, 0.2) is 0 Å². The van der Waals surface area contributed by atoms with Crippen LogP contribution in [0.2, 0.25) is 0 Å². The highest BCUT2D eigenvalue weighted by Crippen LogP contribution is 2.04. The molecule has 1 N–H and O–H groups in total. The summed E-state index contributed by atoms with van der Waals surface area (Å²) in [5.74, 6) is -0.590. The fourth-order valence-corrected chi connectivity index (χ4v) is 2.15. The SMILES string of the molecule is CC1NCC(=O)N(CCCS(C)(=O)=O)C1=O. The minimum absolute atomic E-state index is 0.00807. The molecule has 1 fully saturated rings. The Hall–Kier alpha value is -0.950. The first-order chi connectivity index (χ1) is 7.31. The molecule has 2 amide bonds. The molecule has 7 heteroatoms. The minimum atomic E-state index is -3.04. The molecule has 0 bridgehead atoms. The molecule has 1 aliphatic rings. The highest BCUT2D eigenvalue weighted by atomic mass is 32.2. The van der Waals surface area contributed by atoms with Crippen molar-refractivity contribution in [1.82, 2.24) is 10.2 Å². The lowest BCUT2D eigenvalue weighted by molar-refractivity contribution is -0.148. The summed E-state index contributed by atoms with van der Waals surface area (Å²) in [6.07, 6.45) is 1.43. The van der Waals surface area contributed by atoms with Crippen LogP contribution >= 0.6 is 0 Å². The van der Waals surface area contributed by atoms with Crippen molar-refractivity contribution in [2.45, 2.75) is 19.4 Å². The summed E-state index contributed by atoms with van der Waals surface area (Å²) in [5, 5.41) is 2.76. The van der Waals surface area contributed by atoms with Crippen LogP contribution in [0.25, 0.3) is 0 Å². The van der Waals surface area contributed by atoms with Gasteiger partial charge in [-0.15, -0.1) is 0 Å². The Morgan fingerprint density at radius 1 is 1.44 bits per heavy atom. The molecule has 1 saturated heterocycles. The van der Waals surface area contributed by atoms with Gasteiger partial charge in [-0.25, -0.2) is 8.42 Å². The van der Waals surface area contributed by atoms with Crippen molar-refractivity contribution in [2.24, 2.45) is 0 Å². The lowest BCUT2D eigenvalue weighted by Gasteiger charge is -2.29. The first-order valence-corrected chi connectivity index (χ1v) is 7.12. The van der Waals surface area contributed by atoms with Crippen molar-refractivity contribution >= 4 is 21.7 Å². The maximum absolute atomic E-state index is 11.6. The predicted molar refractivity (Wildman–Crippen MR) is 58.5 cm³/mol. The lowest BCUT2D eigenvalue weighted by atomic mass is 10.2. The molecule has 0 radical (unpaired) electrons. The molecule has 0 aliphatic carbocycles. The highest BCUT2D eigenvalue weighted by Gasteiger charge is 2.30. The van der Waals surface area contributed by atoms with Gasteiger partial charge < -0.3 is 0 Å². The van der Waals surface area contributed by atoms with E-state index in [4.69, 9.17) is 0 Å². The van der Waals surface area contributed by atoms with Gasteiger partial charge in [0.05, 0.1) is 18.3 Å². The van der Waals surface area contributed by atoms with Crippen LogP contribution in [0.1, 0.15) is 13.3 Å². The van der Waals surface area contributed by atoms with Gasteiger partial charge in [0.15, 0.2) is 0 Å². The first kappa shape index (κ1) is 13.1. The van der Waals surface area contributed by atoms with Crippen LogP contribution < -0.4 is 5.32 Å². The second-order valence-corrected chi connectivity index (χ2v) is 6.23. The van der Waals surface area contributed by atoms with Crippen LogP contribution in [0, 0.1) is 0 Å². The molecule has 0 aromatic rings. The predicted octanol–water partition coefficient (Wildman–Crippen LogP) is -1.23. The van der Waals surface area contributed by atoms with E-state index in [9.17, 15) is 18.0 Å². The topological polar surface area (TPSA) is 83.6 Å². The molecule has 6 nitrogen and oxygen atoms in total. The lowest BCUT2D eigenvalue weighted by Crippen LogP contribution is -2.57. The molecule has 16 heavy (non-hydrogen) atoms. The van der Waals surface area contributed by atoms with Crippen molar-refractivity contribution in [3.8, 4) is 0 Å². The van der Waals surface area contributed by atoms with Crippen molar-refractivity contribution in [1.29, 1.82) is 0 Å². The maximum atomic E-state index is 11.6. The number of carbonyl (C=O) groups excluding carboxylic acids is 2. The van der Waals surface area contributed by atoms with E-state index in [-0.39, 0.29) is 36.7 Å². The summed E-state index contributed by atoms with van der Waals surface area (Å²) in [4.78, 5) is 24.1. The number of amides is 2. The standard InChI is InChI=1S/C9H16N2O4S/c1-7-9(13)11(8(12)6-10-7)4-3-5-16(2,14)15/h7,10H,3-6H2,1-2H3. The van der Waals surface area contributed by atoms with E-state index < -0.39 is 9.84 Å². The summed E-state index contributed by atoms with van der Waals surface area (Å²) in [7, 11) is -3.04. The van der Waals surface area contributed by atoms with Crippen LogP contribution in [0.4, 0.5) is 0 Å². The molecular formula is C9H16N2O4S. The van der Waals surface area contributed by atoms with Crippen molar-refractivity contribution in [3.05, 3.63) is 0 Å². The monoisotopic (exact) mass is 248 g/mol. The number of hydrogen-bond acceptors (Lipinski definition) is 5. The largest absolute Gasteiger partial charge is 0.298 e. The third-order valence-corrected chi connectivity index (χ3v) is 3.42. The smallest absolute Gasteiger partial charge is 0.246 e. The normalized spacial score (nSPS) is 22.6. The Morgan fingerprint density at radius 2 is 2.06 bits per heavy atom. The number of piperazine rings is 1. The molecule has 0 aromatic heterocycles. The summed E-state index contributed by atoms with van der Waals surface area (Å²) < 4.78 is 21.8. The fraction of sp³-hybridized carbons (Fsp3) is 0.778. The molecule has 92 valence electrons. The van der Waals surface area contributed by atoms with Gasteiger partial charge in [0.1, 0.15) is 9.84 Å². The Labute approximate surface area is 94.9 Å². The average molecular weight is 248 g/mol. The van der Waals surface area contributed by atoms with E-state index in [1.807, 2.05) is 0 Å². The van der Waals surface area contributed by atoms with E-state index >= 15 is 0 Å². The summed E-state index contributed by atoms with van der Waals surface area (Å²) in [5.41, 5.74) is 0. The van der Waals surface area contributed by atoms with Crippen LogP contribution in [0.5, 0.6) is 0 Å². The zero-order valence-electron chi connectivity index (χ0n) is 9.39. The molecule has 1 aliphatic heterocycles. The molecule has 1 rings (SSSR count). The maximum Gasteiger partial charge on any atom is 0.246 e. The van der Waals surface area contributed by atoms with Gasteiger partial charge in [0.25, 0.3) is 0 Å². The number of sulfone groups is 1.